The van der Waals surface area contributed by atoms with Crippen LogP contribution in [0.2, 0.25) is 0 Å². The van der Waals surface area contributed by atoms with E-state index in [1.165, 1.54) is 6.07 Å². The van der Waals surface area contributed by atoms with Crippen LogP contribution in [0.3, 0.4) is 0 Å². The fourth-order valence-electron chi connectivity index (χ4n) is 2.94. The van der Waals surface area contributed by atoms with Crippen LogP contribution in [0.1, 0.15) is 36.6 Å². The lowest BCUT2D eigenvalue weighted by atomic mass is 10.1. The van der Waals surface area contributed by atoms with Crippen LogP contribution in [0, 0.1) is 12.7 Å². The van der Waals surface area contributed by atoms with Gasteiger partial charge >= 0.3 is 6.03 Å². The summed E-state index contributed by atoms with van der Waals surface area (Å²) in [6, 6.07) is 6.63. The number of imidazole rings is 1. The first kappa shape index (κ1) is 16.5. The highest BCUT2D eigenvalue weighted by Gasteiger charge is 2.40. The van der Waals surface area contributed by atoms with E-state index in [1.807, 2.05) is 19.2 Å². The molecule has 2 amide bonds. The van der Waals surface area contributed by atoms with E-state index in [1.54, 1.807) is 18.3 Å². The predicted octanol–water partition coefficient (Wildman–Crippen LogP) is 2.97. The Balaban J connectivity index is 1.31. The molecule has 1 aliphatic carbocycles. The second kappa shape index (κ2) is 7.47. The fraction of sp³-hybridized carbons (Fsp3) is 0.444. The van der Waals surface area contributed by atoms with Crippen LogP contribution in [0.25, 0.3) is 0 Å². The lowest BCUT2D eigenvalue weighted by Gasteiger charge is -2.08. The smallest absolute Gasteiger partial charge is 0.315 e. The molecule has 5 nitrogen and oxygen atoms in total. The molecule has 3 rings (SSSR count). The molecular formula is C18H23FN4O. The van der Waals surface area contributed by atoms with Crippen LogP contribution >= 0.6 is 0 Å². The molecule has 0 aliphatic heterocycles. The van der Waals surface area contributed by atoms with Gasteiger partial charge < -0.3 is 15.2 Å². The van der Waals surface area contributed by atoms with Crippen molar-refractivity contribution in [1.82, 2.24) is 20.2 Å². The number of carbonyl (C=O) groups excluding carboxylic acids is 1. The van der Waals surface area contributed by atoms with E-state index < -0.39 is 0 Å². The zero-order chi connectivity index (χ0) is 16.9. The van der Waals surface area contributed by atoms with Crippen LogP contribution in [0.15, 0.2) is 36.7 Å². The van der Waals surface area contributed by atoms with Gasteiger partial charge in [0.15, 0.2) is 0 Å². The van der Waals surface area contributed by atoms with E-state index in [4.69, 9.17) is 0 Å². The summed E-state index contributed by atoms with van der Waals surface area (Å²) in [4.78, 5) is 16.0. The molecule has 6 heteroatoms. The van der Waals surface area contributed by atoms with Gasteiger partial charge in [0.05, 0.1) is 0 Å². The zero-order valence-corrected chi connectivity index (χ0v) is 13.8. The van der Waals surface area contributed by atoms with Gasteiger partial charge in [-0.25, -0.2) is 14.2 Å². The SMILES string of the molecule is Cc1nccn1CCCCNC(=O)N[C@H]1C[C@@H]1c1ccccc1F. The van der Waals surface area contributed by atoms with Gasteiger partial charge in [0.25, 0.3) is 0 Å². The first-order chi connectivity index (χ1) is 11.6. The molecule has 1 aromatic heterocycles. The highest BCUT2D eigenvalue weighted by molar-refractivity contribution is 5.74. The van der Waals surface area contributed by atoms with Gasteiger partial charge in [-0.3, -0.25) is 0 Å². The standard InChI is InChI=1S/C18H23FN4O/c1-13-20-9-11-23(13)10-5-4-8-21-18(24)22-17-12-15(17)14-6-2-3-7-16(14)19/h2-3,6-7,9,11,15,17H,4-5,8,10,12H2,1H3,(H2,21,22,24)/t15-,17+/m1/s1. The molecular weight excluding hydrogens is 307 g/mol. The number of aryl methyl sites for hydroxylation is 2. The Kier molecular flexibility index (Phi) is 5.13. The van der Waals surface area contributed by atoms with E-state index in [0.717, 1.165) is 31.6 Å². The fourth-order valence-corrected chi connectivity index (χ4v) is 2.94. The number of nitrogens with one attached hydrogen (secondary N) is 2. The number of amides is 2. The molecule has 1 aromatic carbocycles. The summed E-state index contributed by atoms with van der Waals surface area (Å²) < 4.78 is 15.8. The Bertz CT molecular complexity index is 700. The maximum absolute atomic E-state index is 13.7. The first-order valence-electron chi connectivity index (χ1n) is 8.41. The molecule has 0 unspecified atom stereocenters. The van der Waals surface area contributed by atoms with Crippen LogP contribution in [0.5, 0.6) is 0 Å². The molecule has 0 bridgehead atoms. The summed E-state index contributed by atoms with van der Waals surface area (Å²) in [7, 11) is 0. The number of carbonyl (C=O) groups is 1. The van der Waals surface area contributed by atoms with Crippen molar-refractivity contribution in [2.75, 3.05) is 6.54 Å². The number of unbranched alkanes of at least 4 members (excludes halogenated alkanes) is 1. The van der Waals surface area contributed by atoms with Crippen molar-refractivity contribution in [3.8, 4) is 0 Å². The molecule has 0 radical (unpaired) electrons. The molecule has 128 valence electrons. The summed E-state index contributed by atoms with van der Waals surface area (Å²) in [6.07, 6.45) is 6.45. The highest BCUT2D eigenvalue weighted by Crippen LogP contribution is 2.41. The van der Waals surface area contributed by atoms with Gasteiger partial charge in [0, 0.05) is 37.4 Å². The minimum atomic E-state index is -0.193. The number of nitrogens with zero attached hydrogens (tertiary/aromatic N) is 2. The maximum Gasteiger partial charge on any atom is 0.315 e. The quantitative estimate of drug-likeness (QED) is 0.767. The van der Waals surface area contributed by atoms with Gasteiger partial charge in [-0.15, -0.1) is 0 Å². The molecule has 24 heavy (non-hydrogen) atoms. The van der Waals surface area contributed by atoms with Crippen molar-refractivity contribution in [2.24, 2.45) is 0 Å². The van der Waals surface area contributed by atoms with Gasteiger partial charge in [0.2, 0.25) is 0 Å². The third-order valence-corrected chi connectivity index (χ3v) is 4.45. The van der Waals surface area contributed by atoms with Gasteiger partial charge in [-0.1, -0.05) is 18.2 Å². The normalized spacial score (nSPS) is 19.1. The summed E-state index contributed by atoms with van der Waals surface area (Å²) >= 11 is 0. The Labute approximate surface area is 141 Å². The van der Waals surface area contributed by atoms with Gasteiger partial charge in [-0.2, -0.15) is 0 Å². The molecule has 2 N–H and O–H groups in total. The van der Waals surface area contributed by atoms with Crippen LogP contribution in [-0.2, 0) is 6.54 Å². The number of aromatic nitrogens is 2. The van der Waals surface area contributed by atoms with E-state index in [0.29, 0.717) is 12.1 Å². The second-order valence-corrected chi connectivity index (χ2v) is 6.25. The molecule has 0 saturated heterocycles. The van der Waals surface area contributed by atoms with Crippen molar-refractivity contribution >= 4 is 6.03 Å². The molecule has 0 spiro atoms. The zero-order valence-electron chi connectivity index (χ0n) is 13.8. The molecule has 2 aromatic rings. The number of rotatable bonds is 7. The minimum absolute atomic E-state index is 0.0375. The van der Waals surface area contributed by atoms with Crippen molar-refractivity contribution < 1.29 is 9.18 Å². The lowest BCUT2D eigenvalue weighted by Crippen LogP contribution is -2.37. The molecule has 1 heterocycles. The third-order valence-electron chi connectivity index (χ3n) is 4.45. The number of hydrogen-bond acceptors (Lipinski definition) is 2. The summed E-state index contributed by atoms with van der Waals surface area (Å²) in [5.74, 6) is 0.914. The Morgan fingerprint density at radius 1 is 1.38 bits per heavy atom. The lowest BCUT2D eigenvalue weighted by molar-refractivity contribution is 0.240. The summed E-state index contributed by atoms with van der Waals surface area (Å²) in [5.41, 5.74) is 0.693. The first-order valence-corrected chi connectivity index (χ1v) is 8.41. The average molecular weight is 330 g/mol. The molecule has 2 atom stereocenters. The largest absolute Gasteiger partial charge is 0.338 e. The summed E-state index contributed by atoms with van der Waals surface area (Å²) in [6.45, 7) is 3.52. The third kappa shape index (κ3) is 4.13. The topological polar surface area (TPSA) is 59.0 Å². The summed E-state index contributed by atoms with van der Waals surface area (Å²) in [5, 5.41) is 5.78. The van der Waals surface area contributed by atoms with E-state index in [2.05, 4.69) is 20.2 Å². The van der Waals surface area contributed by atoms with Crippen LogP contribution in [-0.4, -0.2) is 28.2 Å². The predicted molar refractivity (Wildman–Crippen MR) is 90.3 cm³/mol. The number of benzene rings is 1. The van der Waals surface area contributed by atoms with Crippen molar-refractivity contribution in [2.45, 2.75) is 44.7 Å². The number of hydrogen-bond donors (Lipinski definition) is 2. The molecule has 1 aliphatic rings. The molecule has 1 fully saturated rings. The highest BCUT2D eigenvalue weighted by atomic mass is 19.1. The Hall–Kier alpha value is -2.37. The van der Waals surface area contributed by atoms with Crippen LogP contribution in [0.4, 0.5) is 9.18 Å². The number of urea groups is 1. The minimum Gasteiger partial charge on any atom is -0.338 e. The van der Waals surface area contributed by atoms with E-state index in [-0.39, 0.29) is 23.8 Å². The maximum atomic E-state index is 13.7. The van der Waals surface area contributed by atoms with E-state index >= 15 is 0 Å². The second-order valence-electron chi connectivity index (χ2n) is 6.25. The Morgan fingerprint density at radius 3 is 2.96 bits per heavy atom. The van der Waals surface area contributed by atoms with Crippen molar-refractivity contribution in [3.05, 3.63) is 53.9 Å². The van der Waals surface area contributed by atoms with E-state index in [9.17, 15) is 9.18 Å². The van der Waals surface area contributed by atoms with Crippen LogP contribution < -0.4 is 10.6 Å². The van der Waals surface area contributed by atoms with Gasteiger partial charge in [-0.05, 0) is 37.8 Å². The number of halogens is 1. The Morgan fingerprint density at radius 2 is 2.21 bits per heavy atom. The van der Waals surface area contributed by atoms with Crippen molar-refractivity contribution in [1.29, 1.82) is 0 Å². The molecule has 1 saturated carbocycles. The monoisotopic (exact) mass is 330 g/mol. The average Bonchev–Trinajstić information content (AvgIpc) is 3.19. The van der Waals surface area contributed by atoms with Gasteiger partial charge in [0.1, 0.15) is 11.6 Å². The van der Waals surface area contributed by atoms with Crippen molar-refractivity contribution in [3.63, 3.8) is 0 Å².